The minimum absolute atomic E-state index is 0.0892. The molecule has 5 heteroatoms. The second kappa shape index (κ2) is 10.1. The van der Waals surface area contributed by atoms with Gasteiger partial charge in [0.2, 0.25) is 0 Å². The lowest BCUT2D eigenvalue weighted by molar-refractivity contribution is 0.211. The third-order valence-corrected chi connectivity index (χ3v) is 5.17. The molecule has 1 atom stereocenters. The summed E-state index contributed by atoms with van der Waals surface area (Å²) < 4.78 is 18.9. The first-order chi connectivity index (χ1) is 13.7. The average Bonchev–Trinajstić information content (AvgIpc) is 2.96. The van der Waals surface area contributed by atoms with E-state index in [1.165, 1.54) is 12.1 Å². The highest BCUT2D eigenvalue weighted by Crippen LogP contribution is 2.27. The molecule has 0 radical (unpaired) electrons. The summed E-state index contributed by atoms with van der Waals surface area (Å²) in [7, 11) is 0. The Morgan fingerprint density at radius 1 is 1.14 bits per heavy atom. The predicted octanol–water partition coefficient (Wildman–Crippen LogP) is 5.81. The molecule has 1 saturated heterocycles. The van der Waals surface area contributed by atoms with Gasteiger partial charge < -0.3 is 15.0 Å². The van der Waals surface area contributed by atoms with Crippen LogP contribution < -0.4 is 10.1 Å². The molecule has 0 aromatic heterocycles. The van der Waals surface area contributed by atoms with E-state index in [-0.39, 0.29) is 17.8 Å². The Morgan fingerprint density at radius 3 is 2.61 bits per heavy atom. The van der Waals surface area contributed by atoms with Crippen LogP contribution in [0.25, 0.3) is 0 Å². The van der Waals surface area contributed by atoms with Gasteiger partial charge in [-0.1, -0.05) is 31.9 Å². The van der Waals surface area contributed by atoms with E-state index < -0.39 is 0 Å². The maximum Gasteiger partial charge on any atom is 0.321 e. The number of likely N-dealkylation sites (tertiary alicyclic amines) is 1. The molecule has 2 amide bonds. The third kappa shape index (κ3) is 5.72. The molecule has 0 spiro atoms. The highest BCUT2D eigenvalue weighted by molar-refractivity contribution is 5.89. The lowest BCUT2D eigenvalue weighted by Gasteiger charge is -2.25. The zero-order chi connectivity index (χ0) is 19.8. The van der Waals surface area contributed by atoms with Gasteiger partial charge in [-0.15, -0.1) is 0 Å². The summed E-state index contributed by atoms with van der Waals surface area (Å²) in [4.78, 5) is 14.6. The van der Waals surface area contributed by atoms with Crippen molar-refractivity contribution in [2.75, 3.05) is 25.0 Å². The summed E-state index contributed by atoms with van der Waals surface area (Å²) in [6.45, 7) is 4.23. The summed E-state index contributed by atoms with van der Waals surface area (Å²) in [6, 6.07) is 14.1. The Labute approximate surface area is 166 Å². The van der Waals surface area contributed by atoms with E-state index in [0.717, 1.165) is 55.6 Å². The number of ether oxygens (including phenoxy) is 1. The van der Waals surface area contributed by atoms with Crippen molar-refractivity contribution < 1.29 is 13.9 Å². The number of nitrogens with zero attached hydrogens (tertiary/aromatic N) is 1. The van der Waals surface area contributed by atoms with E-state index in [9.17, 15) is 9.18 Å². The van der Waals surface area contributed by atoms with Crippen molar-refractivity contribution in [3.63, 3.8) is 0 Å². The van der Waals surface area contributed by atoms with Crippen LogP contribution in [-0.2, 0) is 0 Å². The van der Waals surface area contributed by atoms with Gasteiger partial charge in [-0.05, 0) is 61.2 Å². The van der Waals surface area contributed by atoms with Crippen LogP contribution in [-0.4, -0.2) is 30.6 Å². The molecule has 0 bridgehead atoms. The Morgan fingerprint density at radius 2 is 1.89 bits per heavy atom. The lowest BCUT2D eigenvalue weighted by Crippen LogP contribution is -2.37. The van der Waals surface area contributed by atoms with E-state index in [0.29, 0.717) is 13.2 Å². The van der Waals surface area contributed by atoms with Crippen molar-refractivity contribution in [1.29, 1.82) is 0 Å². The van der Waals surface area contributed by atoms with Gasteiger partial charge in [0, 0.05) is 24.7 Å². The molecule has 2 aromatic rings. The van der Waals surface area contributed by atoms with E-state index in [1.54, 1.807) is 0 Å². The molecule has 1 heterocycles. The SMILES string of the molecule is CCCCOc1ccc(NC(=O)N2CCCCC(c3ccc(F)cc3)C2)cc1. The highest BCUT2D eigenvalue weighted by Gasteiger charge is 2.23. The number of urea groups is 1. The number of halogens is 1. The lowest BCUT2D eigenvalue weighted by atomic mass is 9.94. The van der Waals surface area contributed by atoms with Crippen LogP contribution in [0.1, 0.15) is 50.5 Å². The molecule has 3 rings (SSSR count). The average molecular weight is 384 g/mol. The maximum absolute atomic E-state index is 13.2. The Kier molecular flexibility index (Phi) is 7.29. The number of nitrogens with one attached hydrogen (secondary N) is 1. The molecule has 0 aliphatic carbocycles. The zero-order valence-corrected chi connectivity index (χ0v) is 16.5. The van der Waals surface area contributed by atoms with Gasteiger partial charge in [0.1, 0.15) is 11.6 Å². The van der Waals surface area contributed by atoms with Crippen molar-refractivity contribution in [1.82, 2.24) is 4.90 Å². The molecule has 1 fully saturated rings. The van der Waals surface area contributed by atoms with E-state index in [2.05, 4.69) is 12.2 Å². The molecule has 0 saturated carbocycles. The van der Waals surface area contributed by atoms with E-state index in [1.807, 2.05) is 41.3 Å². The first-order valence-electron chi connectivity index (χ1n) is 10.2. The predicted molar refractivity (Wildman–Crippen MR) is 110 cm³/mol. The fourth-order valence-corrected chi connectivity index (χ4v) is 3.50. The number of amides is 2. The van der Waals surface area contributed by atoms with Crippen LogP contribution in [0.4, 0.5) is 14.9 Å². The molecular weight excluding hydrogens is 355 g/mol. The van der Waals surface area contributed by atoms with Crippen molar-refractivity contribution >= 4 is 11.7 Å². The van der Waals surface area contributed by atoms with Crippen LogP contribution in [0.3, 0.4) is 0 Å². The van der Waals surface area contributed by atoms with Gasteiger partial charge in [-0.25, -0.2) is 9.18 Å². The maximum atomic E-state index is 13.2. The number of benzene rings is 2. The highest BCUT2D eigenvalue weighted by atomic mass is 19.1. The van der Waals surface area contributed by atoms with Crippen molar-refractivity contribution in [3.05, 3.63) is 59.9 Å². The normalized spacial score (nSPS) is 17.1. The van der Waals surface area contributed by atoms with E-state index >= 15 is 0 Å². The summed E-state index contributed by atoms with van der Waals surface area (Å²) in [5.74, 6) is 0.829. The smallest absolute Gasteiger partial charge is 0.321 e. The zero-order valence-electron chi connectivity index (χ0n) is 16.5. The molecule has 4 nitrogen and oxygen atoms in total. The number of carbonyl (C=O) groups is 1. The van der Waals surface area contributed by atoms with Gasteiger partial charge in [0.05, 0.1) is 6.61 Å². The summed E-state index contributed by atoms with van der Waals surface area (Å²) >= 11 is 0. The number of carbonyl (C=O) groups excluding carboxylic acids is 1. The Balaban J connectivity index is 1.58. The van der Waals surface area contributed by atoms with Crippen LogP contribution >= 0.6 is 0 Å². The monoisotopic (exact) mass is 384 g/mol. The number of unbranched alkanes of at least 4 members (excludes halogenated alkanes) is 1. The minimum atomic E-state index is -0.228. The second-order valence-corrected chi connectivity index (χ2v) is 7.35. The molecule has 1 aliphatic heterocycles. The van der Waals surface area contributed by atoms with Crippen molar-refractivity contribution in [2.24, 2.45) is 0 Å². The van der Waals surface area contributed by atoms with Crippen molar-refractivity contribution in [2.45, 2.75) is 44.9 Å². The molecule has 1 aliphatic rings. The number of hydrogen-bond acceptors (Lipinski definition) is 2. The van der Waals surface area contributed by atoms with Gasteiger partial charge in [0.15, 0.2) is 0 Å². The van der Waals surface area contributed by atoms with Gasteiger partial charge in [0.25, 0.3) is 0 Å². The van der Waals surface area contributed by atoms with E-state index in [4.69, 9.17) is 4.74 Å². The molecule has 2 aromatic carbocycles. The standard InChI is InChI=1S/C23H29FN2O2/c1-2-3-16-28-22-13-11-21(12-14-22)25-23(27)26-15-5-4-6-19(17-26)18-7-9-20(24)10-8-18/h7-14,19H,2-6,15-17H2,1H3,(H,25,27). The van der Waals surface area contributed by atoms with Gasteiger partial charge in [-0.2, -0.15) is 0 Å². The summed E-state index contributed by atoms with van der Waals surface area (Å²) in [5, 5.41) is 2.99. The molecule has 28 heavy (non-hydrogen) atoms. The van der Waals surface area contributed by atoms with Crippen LogP contribution in [0.2, 0.25) is 0 Å². The quantitative estimate of drug-likeness (QED) is 0.639. The van der Waals surface area contributed by atoms with Crippen LogP contribution in [0, 0.1) is 5.82 Å². The largest absolute Gasteiger partial charge is 0.494 e. The van der Waals surface area contributed by atoms with Gasteiger partial charge >= 0.3 is 6.03 Å². The summed E-state index contributed by atoms with van der Waals surface area (Å²) in [5.41, 5.74) is 1.85. The topological polar surface area (TPSA) is 41.6 Å². The third-order valence-electron chi connectivity index (χ3n) is 5.17. The first-order valence-corrected chi connectivity index (χ1v) is 10.2. The number of anilines is 1. The molecular formula is C23H29FN2O2. The molecule has 1 N–H and O–H groups in total. The fraction of sp³-hybridized carbons (Fsp3) is 0.435. The Bertz CT molecular complexity index is 746. The molecule has 1 unspecified atom stereocenters. The molecule has 150 valence electrons. The Hall–Kier alpha value is -2.56. The first kappa shape index (κ1) is 20.2. The summed E-state index contributed by atoms with van der Waals surface area (Å²) in [6.07, 6.45) is 5.19. The van der Waals surface area contributed by atoms with Crippen LogP contribution in [0.5, 0.6) is 5.75 Å². The number of hydrogen-bond donors (Lipinski definition) is 1. The van der Waals surface area contributed by atoms with Crippen molar-refractivity contribution in [3.8, 4) is 5.75 Å². The van der Waals surface area contributed by atoms with Crippen LogP contribution in [0.15, 0.2) is 48.5 Å². The second-order valence-electron chi connectivity index (χ2n) is 7.35. The van der Waals surface area contributed by atoms with Gasteiger partial charge in [-0.3, -0.25) is 0 Å². The minimum Gasteiger partial charge on any atom is -0.494 e. The number of rotatable bonds is 6. The fourth-order valence-electron chi connectivity index (χ4n) is 3.50.